The lowest BCUT2D eigenvalue weighted by Gasteiger charge is -2.30. The Kier molecular flexibility index (Phi) is 2.92. The molecule has 1 aromatic carbocycles. The molecule has 0 spiro atoms. The smallest absolute Gasteiger partial charge is 0.161 e. The van der Waals surface area contributed by atoms with Crippen molar-refractivity contribution < 1.29 is 13.9 Å². The Morgan fingerprint density at radius 1 is 1.17 bits per heavy atom. The normalized spacial score (nSPS) is 19.5. The number of nitrogens with one attached hydrogen (secondary N) is 1. The van der Waals surface area contributed by atoms with Gasteiger partial charge in [0, 0.05) is 0 Å². The van der Waals surface area contributed by atoms with Gasteiger partial charge < -0.3 is 13.9 Å². The van der Waals surface area contributed by atoms with Gasteiger partial charge in [0.25, 0.3) is 0 Å². The number of rotatable bonds is 3. The minimum atomic E-state index is -0.242. The van der Waals surface area contributed by atoms with Crippen LogP contribution in [0.15, 0.2) is 47.1 Å². The lowest BCUT2D eigenvalue weighted by atomic mass is 10.1. The highest BCUT2D eigenvalue weighted by Gasteiger charge is 2.31. The zero-order chi connectivity index (χ0) is 12.4. The summed E-state index contributed by atoms with van der Waals surface area (Å²) in [5, 5.41) is 0. The number of hydrazine groups is 1. The number of fused-ring (bicyclic) bond motifs is 1. The molecular formula is C13H14N2O3. The minimum Gasteiger partial charge on any atom is -0.486 e. The van der Waals surface area contributed by atoms with E-state index >= 15 is 0 Å². The molecule has 18 heavy (non-hydrogen) atoms. The molecule has 5 nitrogen and oxygen atoms in total. The van der Waals surface area contributed by atoms with E-state index in [1.54, 1.807) is 6.26 Å². The molecule has 3 rings (SSSR count). The van der Waals surface area contributed by atoms with Gasteiger partial charge >= 0.3 is 0 Å². The molecule has 3 N–H and O–H groups in total. The van der Waals surface area contributed by atoms with Crippen LogP contribution in [-0.2, 0) is 0 Å². The first-order valence-electron chi connectivity index (χ1n) is 5.76. The molecule has 1 aromatic heterocycles. The van der Waals surface area contributed by atoms with Crippen LogP contribution in [-0.4, -0.2) is 12.7 Å². The Balaban J connectivity index is 1.82. The molecule has 0 saturated carbocycles. The first-order chi connectivity index (χ1) is 8.88. The number of ether oxygens (including phenoxy) is 2. The van der Waals surface area contributed by atoms with Crippen LogP contribution in [0.2, 0.25) is 0 Å². The zero-order valence-corrected chi connectivity index (χ0v) is 9.71. The number of para-hydroxylation sites is 2. The van der Waals surface area contributed by atoms with Gasteiger partial charge in [-0.15, -0.1) is 0 Å². The van der Waals surface area contributed by atoms with Crippen LogP contribution in [0.25, 0.3) is 0 Å². The van der Waals surface area contributed by atoms with Gasteiger partial charge in [0.1, 0.15) is 18.4 Å². The van der Waals surface area contributed by atoms with Crippen molar-refractivity contribution in [3.8, 4) is 11.5 Å². The predicted molar refractivity (Wildman–Crippen MR) is 65.1 cm³/mol. The van der Waals surface area contributed by atoms with E-state index in [1.165, 1.54) is 0 Å². The third-order valence-electron chi connectivity index (χ3n) is 2.93. The molecule has 0 saturated heterocycles. The third-order valence-corrected chi connectivity index (χ3v) is 2.93. The summed E-state index contributed by atoms with van der Waals surface area (Å²) in [4.78, 5) is 0. The highest BCUT2D eigenvalue weighted by atomic mass is 16.6. The van der Waals surface area contributed by atoms with Crippen molar-refractivity contribution in [1.82, 2.24) is 5.43 Å². The van der Waals surface area contributed by atoms with E-state index in [2.05, 4.69) is 5.43 Å². The summed E-state index contributed by atoms with van der Waals surface area (Å²) < 4.78 is 16.9. The standard InChI is InChI=1S/C13H14N2O3/c14-15-13(11-6-3-7-16-11)12-8-17-9-4-1-2-5-10(9)18-12/h1-7,12-13,15H,8,14H2. The van der Waals surface area contributed by atoms with E-state index in [0.717, 1.165) is 17.3 Å². The molecule has 2 heterocycles. The molecule has 0 amide bonds. The zero-order valence-electron chi connectivity index (χ0n) is 9.71. The average Bonchev–Trinajstić information content (AvgIpc) is 2.93. The van der Waals surface area contributed by atoms with Gasteiger partial charge in [-0.1, -0.05) is 12.1 Å². The van der Waals surface area contributed by atoms with Gasteiger partial charge in [-0.25, -0.2) is 5.43 Å². The number of furan rings is 1. The Morgan fingerprint density at radius 3 is 2.72 bits per heavy atom. The summed E-state index contributed by atoms with van der Waals surface area (Å²) in [5.74, 6) is 7.77. The molecule has 2 unspecified atom stereocenters. The van der Waals surface area contributed by atoms with E-state index in [1.807, 2.05) is 36.4 Å². The molecule has 0 radical (unpaired) electrons. The molecule has 5 heteroatoms. The molecule has 1 aliphatic heterocycles. The topological polar surface area (TPSA) is 69.7 Å². The average molecular weight is 246 g/mol. The molecule has 2 atom stereocenters. The molecule has 94 valence electrons. The van der Waals surface area contributed by atoms with Crippen LogP contribution in [0.1, 0.15) is 11.8 Å². The van der Waals surface area contributed by atoms with E-state index in [4.69, 9.17) is 19.7 Å². The van der Waals surface area contributed by atoms with Crippen LogP contribution >= 0.6 is 0 Å². The van der Waals surface area contributed by atoms with Crippen LogP contribution in [0, 0.1) is 0 Å². The second-order valence-electron chi connectivity index (χ2n) is 4.07. The molecule has 2 aromatic rings. The second-order valence-corrected chi connectivity index (χ2v) is 4.07. The van der Waals surface area contributed by atoms with Gasteiger partial charge in [-0.05, 0) is 24.3 Å². The van der Waals surface area contributed by atoms with E-state index in [0.29, 0.717) is 6.61 Å². The van der Waals surface area contributed by atoms with Gasteiger partial charge in [-0.2, -0.15) is 0 Å². The maximum absolute atomic E-state index is 5.88. The van der Waals surface area contributed by atoms with Crippen molar-refractivity contribution in [3.05, 3.63) is 48.4 Å². The fourth-order valence-corrected chi connectivity index (χ4v) is 2.04. The van der Waals surface area contributed by atoms with Crippen LogP contribution in [0.4, 0.5) is 0 Å². The van der Waals surface area contributed by atoms with Crippen LogP contribution in [0.5, 0.6) is 11.5 Å². The third kappa shape index (κ3) is 1.94. The van der Waals surface area contributed by atoms with E-state index in [-0.39, 0.29) is 12.1 Å². The van der Waals surface area contributed by atoms with E-state index < -0.39 is 0 Å². The molecule has 0 fully saturated rings. The summed E-state index contributed by atoms with van der Waals surface area (Å²) >= 11 is 0. The van der Waals surface area contributed by atoms with E-state index in [9.17, 15) is 0 Å². The first-order valence-corrected chi connectivity index (χ1v) is 5.76. The fraction of sp³-hybridized carbons (Fsp3) is 0.231. The fourth-order valence-electron chi connectivity index (χ4n) is 2.04. The molecule has 1 aliphatic rings. The predicted octanol–water partition coefficient (Wildman–Crippen LogP) is 1.62. The number of nitrogens with two attached hydrogens (primary N) is 1. The molecular weight excluding hydrogens is 232 g/mol. The van der Waals surface area contributed by atoms with Crippen molar-refractivity contribution in [2.75, 3.05) is 6.61 Å². The molecule has 0 aliphatic carbocycles. The highest BCUT2D eigenvalue weighted by molar-refractivity contribution is 5.41. The first kappa shape index (κ1) is 11.1. The van der Waals surface area contributed by atoms with Crippen molar-refractivity contribution in [3.63, 3.8) is 0 Å². The number of benzene rings is 1. The van der Waals surface area contributed by atoms with Crippen molar-refractivity contribution >= 4 is 0 Å². The Hall–Kier alpha value is -1.98. The van der Waals surface area contributed by atoms with Crippen molar-refractivity contribution in [2.45, 2.75) is 12.1 Å². The monoisotopic (exact) mass is 246 g/mol. The Bertz CT molecular complexity index is 513. The summed E-state index contributed by atoms with van der Waals surface area (Å²) in [6.45, 7) is 0.423. The molecule has 0 bridgehead atoms. The number of hydrogen-bond donors (Lipinski definition) is 2. The minimum absolute atomic E-state index is 0.226. The van der Waals surface area contributed by atoms with Gasteiger partial charge in [-0.3, -0.25) is 5.84 Å². The van der Waals surface area contributed by atoms with Crippen molar-refractivity contribution in [2.24, 2.45) is 5.84 Å². The summed E-state index contributed by atoms with van der Waals surface area (Å²) in [6.07, 6.45) is 1.38. The van der Waals surface area contributed by atoms with Gasteiger partial charge in [0.05, 0.1) is 6.26 Å². The highest BCUT2D eigenvalue weighted by Crippen LogP contribution is 2.34. The summed E-state index contributed by atoms with van der Waals surface area (Å²) in [6, 6.07) is 11.0. The number of hydrogen-bond acceptors (Lipinski definition) is 5. The van der Waals surface area contributed by atoms with Crippen LogP contribution < -0.4 is 20.7 Å². The lowest BCUT2D eigenvalue weighted by Crippen LogP contribution is -2.44. The SMILES string of the molecule is NNC(c1ccco1)C1COc2ccccc2O1. The Morgan fingerprint density at radius 2 is 2.00 bits per heavy atom. The summed E-state index contributed by atoms with van der Waals surface area (Å²) in [7, 11) is 0. The lowest BCUT2D eigenvalue weighted by molar-refractivity contribution is 0.0555. The van der Waals surface area contributed by atoms with Crippen LogP contribution in [0.3, 0.4) is 0 Å². The van der Waals surface area contributed by atoms with Gasteiger partial charge in [0.15, 0.2) is 17.6 Å². The Labute approximate surface area is 104 Å². The largest absolute Gasteiger partial charge is 0.486 e. The second kappa shape index (κ2) is 4.72. The quantitative estimate of drug-likeness (QED) is 0.636. The van der Waals surface area contributed by atoms with Crippen molar-refractivity contribution in [1.29, 1.82) is 0 Å². The van der Waals surface area contributed by atoms with Gasteiger partial charge in [0.2, 0.25) is 0 Å². The maximum atomic E-state index is 5.88. The maximum Gasteiger partial charge on any atom is 0.161 e. The summed E-state index contributed by atoms with van der Waals surface area (Å²) in [5.41, 5.74) is 2.71.